The van der Waals surface area contributed by atoms with Crippen molar-refractivity contribution >= 4 is 22.6 Å². The third-order valence-electron chi connectivity index (χ3n) is 2.34. The summed E-state index contributed by atoms with van der Waals surface area (Å²) < 4.78 is 6.11. The van der Waals surface area contributed by atoms with Crippen LogP contribution in [0.1, 0.15) is 39.5 Å². The van der Waals surface area contributed by atoms with Gasteiger partial charge in [-0.15, -0.1) is 0 Å². The Labute approximate surface area is 83.0 Å². The van der Waals surface area contributed by atoms with E-state index in [1.54, 1.807) is 0 Å². The average molecular weight is 268 g/mol. The Kier molecular flexibility index (Phi) is 4.13. The molecule has 0 amide bonds. The van der Waals surface area contributed by atoms with Crippen LogP contribution in [0, 0.1) is 5.92 Å². The lowest BCUT2D eigenvalue weighted by molar-refractivity contribution is 0.0188. The minimum atomic E-state index is 0.381. The maximum absolute atomic E-state index is 5.73. The van der Waals surface area contributed by atoms with E-state index in [4.69, 9.17) is 4.74 Å². The average Bonchev–Trinajstić information content (AvgIpc) is 1.93. The summed E-state index contributed by atoms with van der Waals surface area (Å²) >= 11 is 2.33. The lowest BCUT2D eigenvalue weighted by Crippen LogP contribution is -2.22. The molecule has 66 valence electrons. The predicted octanol–water partition coefficient (Wildman–Crippen LogP) is 3.36. The Morgan fingerprint density at radius 1 is 1.27 bits per heavy atom. The van der Waals surface area contributed by atoms with Crippen molar-refractivity contribution in [3.8, 4) is 0 Å². The van der Waals surface area contributed by atoms with E-state index in [1.807, 2.05) is 0 Å². The van der Waals surface area contributed by atoms with Gasteiger partial charge in [0.2, 0.25) is 0 Å². The summed E-state index contributed by atoms with van der Waals surface area (Å²) in [5, 5.41) is 0. The van der Waals surface area contributed by atoms with Crippen LogP contribution in [0.15, 0.2) is 0 Å². The van der Waals surface area contributed by atoms with Crippen LogP contribution in [-0.2, 0) is 4.74 Å². The van der Waals surface area contributed by atoms with Gasteiger partial charge in [0.25, 0.3) is 0 Å². The lowest BCUT2D eigenvalue weighted by Gasteiger charge is -2.27. The molecule has 1 atom stereocenters. The quantitative estimate of drug-likeness (QED) is 0.551. The first-order valence-electron chi connectivity index (χ1n) is 4.48. The highest BCUT2D eigenvalue weighted by atomic mass is 127. The Morgan fingerprint density at radius 3 is 2.27 bits per heavy atom. The third kappa shape index (κ3) is 3.74. The van der Waals surface area contributed by atoms with Crippen LogP contribution in [0.2, 0.25) is 0 Å². The molecule has 1 fully saturated rings. The molecule has 0 heterocycles. The first-order chi connectivity index (χ1) is 5.18. The third-order valence-corrected chi connectivity index (χ3v) is 2.64. The second-order valence-corrected chi connectivity index (χ2v) is 5.32. The van der Waals surface area contributed by atoms with Gasteiger partial charge in [0.15, 0.2) is 0 Å². The van der Waals surface area contributed by atoms with Crippen LogP contribution in [0.25, 0.3) is 0 Å². The molecule has 1 saturated carbocycles. The molecule has 0 bridgehead atoms. The number of hydrogen-bond donors (Lipinski definition) is 0. The second kappa shape index (κ2) is 4.65. The van der Waals surface area contributed by atoms with Crippen molar-refractivity contribution in [2.45, 2.75) is 49.7 Å². The standard InChI is InChI=1S/C9H17IO/c1-7-3-5-9(6-4-7)11-8(2)10/h7-9H,3-6H2,1-2H3/t7-,8?,9-. The molecular formula is C9H17IO. The summed E-state index contributed by atoms with van der Waals surface area (Å²) in [7, 11) is 0. The van der Waals surface area contributed by atoms with Gasteiger partial charge in [-0.2, -0.15) is 0 Å². The van der Waals surface area contributed by atoms with Crippen molar-refractivity contribution in [3.05, 3.63) is 0 Å². The maximum atomic E-state index is 5.73. The van der Waals surface area contributed by atoms with E-state index in [-0.39, 0.29) is 0 Å². The zero-order valence-corrected chi connectivity index (χ0v) is 9.50. The van der Waals surface area contributed by atoms with Gasteiger partial charge in [-0.3, -0.25) is 0 Å². The highest BCUT2D eigenvalue weighted by molar-refractivity contribution is 14.1. The van der Waals surface area contributed by atoms with Gasteiger partial charge >= 0.3 is 0 Å². The molecule has 0 aliphatic heterocycles. The van der Waals surface area contributed by atoms with Gasteiger partial charge in [0.1, 0.15) is 4.11 Å². The number of hydrogen-bond acceptors (Lipinski definition) is 1. The molecule has 1 nitrogen and oxygen atoms in total. The van der Waals surface area contributed by atoms with Crippen LogP contribution >= 0.6 is 22.6 Å². The van der Waals surface area contributed by atoms with Crippen molar-refractivity contribution in [2.75, 3.05) is 0 Å². The molecule has 0 radical (unpaired) electrons. The molecule has 0 aromatic carbocycles. The van der Waals surface area contributed by atoms with Crippen molar-refractivity contribution in [1.82, 2.24) is 0 Å². The summed E-state index contributed by atoms with van der Waals surface area (Å²) in [6, 6.07) is 0. The molecule has 1 unspecified atom stereocenters. The monoisotopic (exact) mass is 268 g/mol. The van der Waals surface area contributed by atoms with Crippen LogP contribution in [0.3, 0.4) is 0 Å². The molecule has 2 heteroatoms. The van der Waals surface area contributed by atoms with Crippen molar-refractivity contribution in [2.24, 2.45) is 5.92 Å². The summed E-state index contributed by atoms with van der Waals surface area (Å²) in [4.78, 5) is 0. The molecular weight excluding hydrogens is 251 g/mol. The van der Waals surface area contributed by atoms with E-state index in [2.05, 4.69) is 36.4 Å². The number of halogens is 1. The zero-order valence-electron chi connectivity index (χ0n) is 7.35. The molecule has 0 aromatic rings. The number of alkyl halides is 1. The fraction of sp³-hybridized carbons (Fsp3) is 1.00. The van der Waals surface area contributed by atoms with Gasteiger partial charge in [0, 0.05) is 0 Å². The number of rotatable bonds is 2. The fourth-order valence-electron chi connectivity index (χ4n) is 1.63. The Hall–Kier alpha value is 0.690. The number of ether oxygens (including phenoxy) is 1. The zero-order chi connectivity index (χ0) is 8.27. The van der Waals surface area contributed by atoms with E-state index in [0.29, 0.717) is 10.2 Å². The Balaban J connectivity index is 2.17. The largest absolute Gasteiger partial charge is 0.365 e. The minimum Gasteiger partial charge on any atom is -0.365 e. The summed E-state index contributed by atoms with van der Waals surface area (Å²) in [6.45, 7) is 4.45. The molecule has 1 aliphatic rings. The van der Waals surface area contributed by atoms with E-state index in [9.17, 15) is 0 Å². The Bertz CT molecular complexity index is 106. The van der Waals surface area contributed by atoms with Crippen LogP contribution in [-0.4, -0.2) is 10.2 Å². The molecule has 0 aromatic heterocycles. The van der Waals surface area contributed by atoms with Gasteiger partial charge in [-0.05, 0) is 38.5 Å². The van der Waals surface area contributed by atoms with Gasteiger partial charge in [-0.25, -0.2) is 0 Å². The second-order valence-electron chi connectivity index (χ2n) is 3.56. The van der Waals surface area contributed by atoms with Gasteiger partial charge in [-0.1, -0.05) is 29.5 Å². The minimum absolute atomic E-state index is 0.381. The van der Waals surface area contributed by atoms with Crippen molar-refractivity contribution < 1.29 is 4.74 Å². The highest BCUT2D eigenvalue weighted by Gasteiger charge is 2.19. The summed E-state index contributed by atoms with van der Waals surface area (Å²) in [6.07, 6.45) is 5.81. The summed E-state index contributed by atoms with van der Waals surface area (Å²) in [5.41, 5.74) is 0. The molecule has 1 rings (SSSR count). The smallest absolute Gasteiger partial charge is 0.106 e. The SMILES string of the molecule is CC(I)O[C@H]1CC[C@H](C)CC1. The predicted molar refractivity (Wildman–Crippen MR) is 56.0 cm³/mol. The molecule has 11 heavy (non-hydrogen) atoms. The summed E-state index contributed by atoms with van der Waals surface area (Å²) in [5.74, 6) is 0.930. The molecule has 0 N–H and O–H groups in total. The lowest BCUT2D eigenvalue weighted by atomic mass is 9.89. The molecule has 0 spiro atoms. The van der Waals surface area contributed by atoms with Crippen LogP contribution < -0.4 is 0 Å². The van der Waals surface area contributed by atoms with E-state index in [1.165, 1.54) is 25.7 Å². The van der Waals surface area contributed by atoms with Crippen molar-refractivity contribution in [1.29, 1.82) is 0 Å². The van der Waals surface area contributed by atoms with Crippen LogP contribution in [0.5, 0.6) is 0 Å². The van der Waals surface area contributed by atoms with E-state index in [0.717, 1.165) is 5.92 Å². The molecule has 0 saturated heterocycles. The Morgan fingerprint density at radius 2 is 1.82 bits per heavy atom. The highest BCUT2D eigenvalue weighted by Crippen LogP contribution is 2.26. The van der Waals surface area contributed by atoms with E-state index < -0.39 is 0 Å². The maximum Gasteiger partial charge on any atom is 0.106 e. The first kappa shape index (κ1) is 9.78. The van der Waals surface area contributed by atoms with Gasteiger partial charge < -0.3 is 4.74 Å². The van der Waals surface area contributed by atoms with Gasteiger partial charge in [0.05, 0.1) is 6.10 Å². The van der Waals surface area contributed by atoms with E-state index >= 15 is 0 Å². The topological polar surface area (TPSA) is 9.23 Å². The fourth-order valence-corrected chi connectivity index (χ4v) is 2.05. The molecule has 1 aliphatic carbocycles. The normalized spacial score (nSPS) is 35.2. The van der Waals surface area contributed by atoms with Crippen molar-refractivity contribution in [3.63, 3.8) is 0 Å². The van der Waals surface area contributed by atoms with Crippen LogP contribution in [0.4, 0.5) is 0 Å². The first-order valence-corrected chi connectivity index (χ1v) is 5.72.